The molecule has 0 amide bonds. The second kappa shape index (κ2) is 7.07. The average Bonchev–Trinajstić information content (AvgIpc) is 2.28. The van der Waals surface area contributed by atoms with Crippen molar-refractivity contribution in [2.45, 2.75) is 27.3 Å². The Morgan fingerprint density at radius 2 is 2.29 bits per heavy atom. The molecule has 3 nitrogen and oxygen atoms in total. The molecule has 3 heteroatoms. The molecule has 0 atom stereocenters. The van der Waals surface area contributed by atoms with Gasteiger partial charge in [-0.3, -0.25) is 4.98 Å². The highest BCUT2D eigenvalue weighted by Gasteiger charge is 2.05. The summed E-state index contributed by atoms with van der Waals surface area (Å²) in [6, 6.07) is 1.97. The van der Waals surface area contributed by atoms with Crippen LogP contribution >= 0.6 is 0 Å². The molecule has 0 fully saturated rings. The van der Waals surface area contributed by atoms with E-state index in [0.29, 0.717) is 12.5 Å². The minimum atomic E-state index is 0.528. The molecule has 0 saturated carbocycles. The molecule has 1 heterocycles. The summed E-state index contributed by atoms with van der Waals surface area (Å²) in [6.07, 6.45) is 3.63. The standard InChI is InChI=1S/C14H22N2O/c1-5-6-17-14-7-12(4)16-10-13(14)9-15-8-11(2)3/h5,7,10-11,15H,1,6,8-9H2,2-4H3. The van der Waals surface area contributed by atoms with Crippen molar-refractivity contribution >= 4 is 0 Å². The Morgan fingerprint density at radius 1 is 1.53 bits per heavy atom. The Balaban J connectivity index is 2.64. The summed E-state index contributed by atoms with van der Waals surface area (Å²) in [6.45, 7) is 12.3. The molecular formula is C14H22N2O. The molecule has 17 heavy (non-hydrogen) atoms. The van der Waals surface area contributed by atoms with E-state index in [-0.39, 0.29) is 0 Å². The van der Waals surface area contributed by atoms with Gasteiger partial charge in [-0.1, -0.05) is 26.5 Å². The van der Waals surface area contributed by atoms with Crippen molar-refractivity contribution in [1.82, 2.24) is 10.3 Å². The van der Waals surface area contributed by atoms with Gasteiger partial charge in [-0.15, -0.1) is 0 Å². The molecule has 0 aromatic carbocycles. The van der Waals surface area contributed by atoms with Crippen molar-refractivity contribution < 1.29 is 4.74 Å². The lowest BCUT2D eigenvalue weighted by molar-refractivity contribution is 0.356. The summed E-state index contributed by atoms with van der Waals surface area (Å²) >= 11 is 0. The third-order valence-electron chi connectivity index (χ3n) is 2.31. The molecule has 1 aromatic heterocycles. The normalized spacial score (nSPS) is 10.6. The van der Waals surface area contributed by atoms with Gasteiger partial charge >= 0.3 is 0 Å². The molecule has 1 N–H and O–H groups in total. The molecule has 0 aliphatic heterocycles. The van der Waals surface area contributed by atoms with Crippen LogP contribution in [-0.2, 0) is 6.54 Å². The summed E-state index contributed by atoms with van der Waals surface area (Å²) in [5, 5.41) is 3.39. The number of nitrogens with zero attached hydrogens (tertiary/aromatic N) is 1. The van der Waals surface area contributed by atoms with Crippen molar-refractivity contribution in [2.24, 2.45) is 5.92 Å². The number of aromatic nitrogens is 1. The first kappa shape index (κ1) is 13.7. The van der Waals surface area contributed by atoms with E-state index in [0.717, 1.165) is 30.1 Å². The number of rotatable bonds is 7. The van der Waals surface area contributed by atoms with Gasteiger partial charge in [0.1, 0.15) is 12.4 Å². The van der Waals surface area contributed by atoms with Crippen molar-refractivity contribution in [3.05, 3.63) is 36.2 Å². The van der Waals surface area contributed by atoms with Gasteiger partial charge in [0, 0.05) is 30.1 Å². The fourth-order valence-electron chi connectivity index (χ4n) is 1.47. The zero-order valence-corrected chi connectivity index (χ0v) is 11.0. The van der Waals surface area contributed by atoms with Gasteiger partial charge in [0.25, 0.3) is 0 Å². The van der Waals surface area contributed by atoms with E-state index in [1.54, 1.807) is 6.08 Å². The highest BCUT2D eigenvalue weighted by atomic mass is 16.5. The topological polar surface area (TPSA) is 34.1 Å². The van der Waals surface area contributed by atoms with Gasteiger partial charge in [-0.2, -0.15) is 0 Å². The molecule has 0 radical (unpaired) electrons. The molecule has 0 saturated heterocycles. The molecule has 94 valence electrons. The Morgan fingerprint density at radius 3 is 2.94 bits per heavy atom. The number of hydrogen-bond acceptors (Lipinski definition) is 3. The third kappa shape index (κ3) is 5.00. The molecule has 0 spiro atoms. The van der Waals surface area contributed by atoms with Crippen LogP contribution < -0.4 is 10.1 Å². The number of pyridine rings is 1. The van der Waals surface area contributed by atoms with E-state index in [4.69, 9.17) is 4.74 Å². The van der Waals surface area contributed by atoms with Crippen molar-refractivity contribution in [1.29, 1.82) is 0 Å². The minimum absolute atomic E-state index is 0.528. The Kier molecular flexibility index (Phi) is 5.70. The van der Waals surface area contributed by atoms with Crippen LogP contribution in [0.5, 0.6) is 5.75 Å². The summed E-state index contributed by atoms with van der Waals surface area (Å²) in [5.74, 6) is 1.54. The van der Waals surface area contributed by atoms with Crippen LogP contribution in [0.1, 0.15) is 25.1 Å². The van der Waals surface area contributed by atoms with E-state index >= 15 is 0 Å². The molecule has 0 aliphatic rings. The van der Waals surface area contributed by atoms with Crippen LogP contribution in [0.3, 0.4) is 0 Å². The minimum Gasteiger partial charge on any atom is -0.489 e. The van der Waals surface area contributed by atoms with E-state index in [9.17, 15) is 0 Å². The SMILES string of the molecule is C=CCOc1cc(C)ncc1CNCC(C)C. The zero-order chi connectivity index (χ0) is 12.7. The van der Waals surface area contributed by atoms with E-state index < -0.39 is 0 Å². The molecule has 0 bridgehead atoms. The average molecular weight is 234 g/mol. The monoisotopic (exact) mass is 234 g/mol. The second-order valence-corrected chi connectivity index (χ2v) is 4.56. The number of nitrogens with one attached hydrogen (secondary N) is 1. The molecule has 0 unspecified atom stereocenters. The summed E-state index contributed by atoms with van der Waals surface area (Å²) in [7, 11) is 0. The summed E-state index contributed by atoms with van der Waals surface area (Å²) in [5.41, 5.74) is 2.06. The van der Waals surface area contributed by atoms with Crippen LogP contribution in [0.2, 0.25) is 0 Å². The van der Waals surface area contributed by atoms with Gasteiger partial charge in [-0.25, -0.2) is 0 Å². The van der Waals surface area contributed by atoms with Gasteiger partial charge in [0.2, 0.25) is 0 Å². The van der Waals surface area contributed by atoms with Gasteiger partial charge in [0.05, 0.1) is 0 Å². The highest BCUT2D eigenvalue weighted by Crippen LogP contribution is 2.18. The lowest BCUT2D eigenvalue weighted by Crippen LogP contribution is -2.19. The van der Waals surface area contributed by atoms with Crippen LogP contribution in [0.15, 0.2) is 24.9 Å². The van der Waals surface area contributed by atoms with E-state index in [1.807, 2.05) is 19.2 Å². The van der Waals surface area contributed by atoms with Gasteiger partial charge < -0.3 is 10.1 Å². The fraction of sp³-hybridized carbons (Fsp3) is 0.500. The van der Waals surface area contributed by atoms with Crippen LogP contribution in [-0.4, -0.2) is 18.1 Å². The second-order valence-electron chi connectivity index (χ2n) is 4.56. The van der Waals surface area contributed by atoms with Crippen molar-refractivity contribution in [2.75, 3.05) is 13.2 Å². The zero-order valence-electron chi connectivity index (χ0n) is 11.0. The van der Waals surface area contributed by atoms with E-state index in [1.165, 1.54) is 0 Å². The van der Waals surface area contributed by atoms with Gasteiger partial charge in [-0.05, 0) is 19.4 Å². The predicted octanol–water partition coefficient (Wildman–Crippen LogP) is 2.70. The quantitative estimate of drug-likeness (QED) is 0.737. The largest absolute Gasteiger partial charge is 0.489 e. The molecule has 1 aromatic rings. The van der Waals surface area contributed by atoms with Gasteiger partial charge in [0.15, 0.2) is 0 Å². The Labute approximate surface area is 104 Å². The van der Waals surface area contributed by atoms with Crippen LogP contribution in [0.4, 0.5) is 0 Å². The number of hydrogen-bond donors (Lipinski definition) is 1. The Bertz CT molecular complexity index is 361. The van der Waals surface area contributed by atoms with Crippen LogP contribution in [0.25, 0.3) is 0 Å². The highest BCUT2D eigenvalue weighted by molar-refractivity contribution is 5.32. The third-order valence-corrected chi connectivity index (χ3v) is 2.31. The Hall–Kier alpha value is -1.35. The maximum absolute atomic E-state index is 5.63. The summed E-state index contributed by atoms with van der Waals surface area (Å²) < 4.78 is 5.63. The summed E-state index contributed by atoms with van der Waals surface area (Å²) in [4.78, 5) is 4.30. The first-order valence-corrected chi connectivity index (χ1v) is 6.03. The number of ether oxygens (including phenoxy) is 1. The van der Waals surface area contributed by atoms with Crippen molar-refractivity contribution in [3.63, 3.8) is 0 Å². The maximum Gasteiger partial charge on any atom is 0.127 e. The predicted molar refractivity (Wildman–Crippen MR) is 71.2 cm³/mol. The molecular weight excluding hydrogens is 212 g/mol. The lowest BCUT2D eigenvalue weighted by atomic mass is 10.2. The fourth-order valence-corrected chi connectivity index (χ4v) is 1.47. The maximum atomic E-state index is 5.63. The van der Waals surface area contributed by atoms with Crippen molar-refractivity contribution in [3.8, 4) is 5.75 Å². The molecule has 1 rings (SSSR count). The lowest BCUT2D eigenvalue weighted by Gasteiger charge is -2.12. The first-order valence-electron chi connectivity index (χ1n) is 6.03. The molecule has 0 aliphatic carbocycles. The van der Waals surface area contributed by atoms with Crippen LogP contribution in [0, 0.1) is 12.8 Å². The smallest absolute Gasteiger partial charge is 0.127 e. The number of aryl methyl sites for hydroxylation is 1. The first-order chi connectivity index (χ1) is 8.13. The van der Waals surface area contributed by atoms with E-state index in [2.05, 4.69) is 30.7 Å².